The third-order valence-corrected chi connectivity index (χ3v) is 5.04. The normalized spacial score (nSPS) is 22.0. The van der Waals surface area contributed by atoms with Crippen LogP contribution in [0, 0.1) is 5.92 Å². The van der Waals surface area contributed by atoms with E-state index in [0.717, 1.165) is 12.8 Å². The molecule has 0 saturated heterocycles. The summed E-state index contributed by atoms with van der Waals surface area (Å²) >= 11 is 12.9. The van der Waals surface area contributed by atoms with Crippen molar-refractivity contribution in [2.24, 2.45) is 10.9 Å². The van der Waals surface area contributed by atoms with Crippen LogP contribution in [0.25, 0.3) is 5.70 Å². The van der Waals surface area contributed by atoms with E-state index in [9.17, 15) is 5.11 Å². The van der Waals surface area contributed by atoms with Crippen molar-refractivity contribution < 1.29 is 9.84 Å². The lowest BCUT2D eigenvalue weighted by Crippen LogP contribution is -2.35. The van der Waals surface area contributed by atoms with Crippen molar-refractivity contribution in [2.75, 3.05) is 6.61 Å². The number of aliphatic imine (C=N–C) groups is 1. The average Bonchev–Trinajstić information content (AvgIpc) is 3.04. The minimum Gasteiger partial charge on any atom is -0.507 e. The zero-order valence-electron chi connectivity index (χ0n) is 13.0. The number of phenolic OH excluding ortho intramolecular Hbond substituents is 1. The number of aromatic hydroxyl groups is 1. The Morgan fingerprint density at radius 1 is 1.35 bits per heavy atom. The first-order valence-corrected chi connectivity index (χ1v) is 8.68. The van der Waals surface area contributed by atoms with E-state index in [-0.39, 0.29) is 11.9 Å². The predicted octanol–water partition coefficient (Wildman–Crippen LogP) is 4.81. The van der Waals surface area contributed by atoms with Gasteiger partial charge in [0, 0.05) is 23.8 Å². The van der Waals surface area contributed by atoms with Crippen molar-refractivity contribution in [3.63, 3.8) is 0 Å². The lowest BCUT2D eigenvalue weighted by molar-refractivity contribution is 0.283. The van der Waals surface area contributed by atoms with Crippen molar-refractivity contribution in [2.45, 2.75) is 38.8 Å². The van der Waals surface area contributed by atoms with Crippen LogP contribution in [0.5, 0.6) is 5.75 Å². The molecule has 1 aromatic carbocycles. The monoisotopic (exact) mass is 354 g/mol. The Morgan fingerprint density at radius 2 is 2.09 bits per heavy atom. The molecule has 3 rings (SSSR count). The Labute approximate surface area is 146 Å². The second kappa shape index (κ2) is 7.02. The molecule has 1 N–H and O–H groups in total. The summed E-state index contributed by atoms with van der Waals surface area (Å²) in [7, 11) is 0. The van der Waals surface area contributed by atoms with Gasteiger partial charge in [-0.25, -0.2) is 4.99 Å². The maximum absolute atomic E-state index is 10.2. The highest BCUT2D eigenvalue weighted by Crippen LogP contribution is 2.41. The van der Waals surface area contributed by atoms with Crippen LogP contribution in [0.4, 0.5) is 0 Å². The highest BCUT2D eigenvalue weighted by molar-refractivity contribution is 6.33. The van der Waals surface area contributed by atoms with E-state index in [2.05, 4.69) is 4.99 Å². The number of phenols is 1. The largest absolute Gasteiger partial charge is 0.507 e. The van der Waals surface area contributed by atoms with Gasteiger partial charge in [-0.2, -0.15) is 0 Å². The summed E-state index contributed by atoms with van der Waals surface area (Å²) in [5, 5.41) is 10.7. The summed E-state index contributed by atoms with van der Waals surface area (Å²) in [5.74, 6) is 1.02. The molecule has 1 unspecified atom stereocenters. The van der Waals surface area contributed by atoms with E-state index < -0.39 is 0 Å². The van der Waals surface area contributed by atoms with Gasteiger partial charge in [0.1, 0.15) is 11.9 Å². The molecule has 0 bridgehead atoms. The molecule has 0 aromatic heterocycles. The number of ether oxygens (including phenoxy) is 1. The van der Waals surface area contributed by atoms with Crippen molar-refractivity contribution in [3.05, 3.63) is 34.9 Å². The quantitative estimate of drug-likeness (QED) is 0.792. The van der Waals surface area contributed by atoms with Crippen molar-refractivity contribution in [1.29, 1.82) is 0 Å². The Balaban J connectivity index is 2.02. The van der Waals surface area contributed by atoms with Gasteiger partial charge in [-0.15, -0.1) is 0 Å². The number of nitrogens with zero attached hydrogens (tertiary/aromatic N) is 2. The molecule has 1 aliphatic carbocycles. The molecule has 23 heavy (non-hydrogen) atoms. The summed E-state index contributed by atoms with van der Waals surface area (Å²) in [6, 6.07) is 5.04. The fraction of sp³-hybridized carbons (Fsp3) is 0.471. The molecule has 0 radical (unpaired) electrons. The minimum absolute atomic E-state index is 0.0947. The summed E-state index contributed by atoms with van der Waals surface area (Å²) in [6.07, 6.45) is 6.13. The third kappa shape index (κ3) is 3.29. The molecule has 0 spiro atoms. The van der Waals surface area contributed by atoms with Crippen molar-refractivity contribution in [1.82, 2.24) is 4.42 Å². The number of benzene rings is 1. The van der Waals surface area contributed by atoms with Crippen LogP contribution in [0.2, 0.25) is 5.02 Å². The van der Waals surface area contributed by atoms with Gasteiger partial charge < -0.3 is 9.84 Å². The minimum atomic E-state index is -0.198. The number of hydrogen-bond acceptors (Lipinski definition) is 4. The maximum Gasteiger partial charge on any atom is 0.212 e. The zero-order valence-corrected chi connectivity index (χ0v) is 14.5. The first-order valence-electron chi connectivity index (χ1n) is 7.97. The van der Waals surface area contributed by atoms with E-state index in [1.54, 1.807) is 28.7 Å². The van der Waals surface area contributed by atoms with E-state index in [4.69, 9.17) is 28.1 Å². The first kappa shape index (κ1) is 16.5. The molecule has 2 aliphatic rings. The second-order valence-corrected chi connectivity index (χ2v) is 6.60. The van der Waals surface area contributed by atoms with Crippen LogP contribution in [-0.4, -0.2) is 28.2 Å². The van der Waals surface area contributed by atoms with Gasteiger partial charge in [0.2, 0.25) is 5.90 Å². The molecule has 6 heteroatoms. The molecule has 4 nitrogen and oxygen atoms in total. The molecule has 1 aromatic rings. The number of rotatable bonds is 3. The lowest BCUT2D eigenvalue weighted by atomic mass is 10.0. The SMILES string of the molecule is CCOC1=NC(C2CCCC2)N(Cl)C(c2c(O)cccc2Cl)=C1. The molecule has 1 atom stereocenters. The van der Waals surface area contributed by atoms with Crippen LogP contribution < -0.4 is 0 Å². The highest BCUT2D eigenvalue weighted by atomic mass is 35.5. The predicted molar refractivity (Wildman–Crippen MR) is 93.6 cm³/mol. The summed E-state index contributed by atoms with van der Waals surface area (Å²) in [5.41, 5.74) is 1.14. The van der Waals surface area contributed by atoms with Gasteiger partial charge in [-0.05, 0) is 31.9 Å². The van der Waals surface area contributed by atoms with E-state index >= 15 is 0 Å². The molecule has 1 fully saturated rings. The Morgan fingerprint density at radius 3 is 2.74 bits per heavy atom. The molecule has 124 valence electrons. The van der Waals surface area contributed by atoms with Crippen LogP contribution in [0.1, 0.15) is 38.2 Å². The van der Waals surface area contributed by atoms with Gasteiger partial charge in [-0.1, -0.05) is 30.5 Å². The Kier molecular flexibility index (Phi) is 5.02. The van der Waals surface area contributed by atoms with Crippen molar-refractivity contribution >= 4 is 35.0 Å². The Hall–Kier alpha value is -1.39. The molecular weight excluding hydrogens is 335 g/mol. The van der Waals surface area contributed by atoms with E-state index in [1.807, 2.05) is 6.92 Å². The summed E-state index contributed by atoms with van der Waals surface area (Å²) in [6.45, 7) is 2.44. The zero-order chi connectivity index (χ0) is 16.4. The van der Waals surface area contributed by atoms with Gasteiger partial charge in [0.25, 0.3) is 0 Å². The second-order valence-electron chi connectivity index (χ2n) is 5.83. The molecule has 1 aliphatic heterocycles. The molecule has 1 heterocycles. The lowest BCUT2D eigenvalue weighted by Gasteiger charge is -2.34. The smallest absolute Gasteiger partial charge is 0.212 e. The summed E-state index contributed by atoms with van der Waals surface area (Å²) < 4.78 is 7.21. The van der Waals surface area contributed by atoms with Gasteiger partial charge in [0.05, 0.1) is 22.9 Å². The van der Waals surface area contributed by atoms with Crippen LogP contribution in [0.15, 0.2) is 29.3 Å². The van der Waals surface area contributed by atoms with Crippen LogP contribution in [-0.2, 0) is 4.74 Å². The maximum atomic E-state index is 10.2. The fourth-order valence-corrected chi connectivity index (χ4v) is 3.86. The van der Waals surface area contributed by atoms with Crippen LogP contribution in [0.3, 0.4) is 0 Å². The number of halogens is 2. The number of hydrogen-bond donors (Lipinski definition) is 1. The fourth-order valence-electron chi connectivity index (χ4n) is 3.26. The third-order valence-electron chi connectivity index (χ3n) is 4.34. The summed E-state index contributed by atoms with van der Waals surface area (Å²) in [4.78, 5) is 4.66. The molecular formula is C17H20Cl2N2O2. The van der Waals surface area contributed by atoms with Gasteiger partial charge in [-0.3, -0.25) is 4.42 Å². The molecule has 0 amide bonds. The first-order chi connectivity index (χ1) is 11.1. The topological polar surface area (TPSA) is 45.1 Å². The molecule has 1 saturated carbocycles. The Bertz CT molecular complexity index is 619. The van der Waals surface area contributed by atoms with E-state index in [1.165, 1.54) is 12.8 Å². The van der Waals surface area contributed by atoms with Gasteiger partial charge in [0.15, 0.2) is 0 Å². The van der Waals surface area contributed by atoms with Crippen molar-refractivity contribution in [3.8, 4) is 5.75 Å². The average molecular weight is 355 g/mol. The standard InChI is InChI=1S/C17H20Cl2N2O2/c1-2-23-15-10-13(16-12(18)8-5-9-14(16)22)21(19)17(20-15)11-6-3-4-7-11/h5,8-11,17,22H,2-4,6-7H2,1H3. The van der Waals surface area contributed by atoms with E-state index in [0.29, 0.717) is 34.7 Å². The van der Waals surface area contributed by atoms with Gasteiger partial charge >= 0.3 is 0 Å². The highest BCUT2D eigenvalue weighted by Gasteiger charge is 2.35. The van der Waals surface area contributed by atoms with Crippen LogP contribution >= 0.6 is 23.4 Å².